The van der Waals surface area contributed by atoms with Gasteiger partial charge in [0.25, 0.3) is 5.92 Å². The number of rotatable bonds is 9. The van der Waals surface area contributed by atoms with E-state index in [1.807, 2.05) is 7.05 Å². The Morgan fingerprint density at radius 1 is 1.26 bits per heavy atom. The van der Waals surface area contributed by atoms with Gasteiger partial charge in [-0.25, -0.2) is 23.1 Å². The minimum absolute atomic E-state index is 0.118. The molecule has 0 unspecified atom stereocenters. The average molecular weight is 525 g/mol. The maximum Gasteiger partial charge on any atom is 0.276 e. The summed E-state index contributed by atoms with van der Waals surface area (Å²) in [5, 5.41) is 13.5. The van der Waals surface area contributed by atoms with Crippen molar-refractivity contribution in [3.05, 3.63) is 52.6 Å². The fraction of sp³-hybridized carbons (Fsp3) is 0.500. The first kappa shape index (κ1) is 26.2. The Bertz CT molecular complexity index is 1410. The molecule has 3 aromatic rings. The second-order valence-corrected chi connectivity index (χ2v) is 10.6. The molecule has 3 heterocycles. The number of aromatic nitrogens is 3. The molecule has 2 aromatic heterocycles. The van der Waals surface area contributed by atoms with Crippen LogP contribution in [0.3, 0.4) is 0 Å². The van der Waals surface area contributed by atoms with E-state index < -0.39 is 28.8 Å². The summed E-state index contributed by atoms with van der Waals surface area (Å²) >= 11 is 0. The van der Waals surface area contributed by atoms with Crippen LogP contribution in [0, 0.1) is 30.0 Å². The summed E-state index contributed by atoms with van der Waals surface area (Å²) in [4.78, 5) is 15.5. The van der Waals surface area contributed by atoms with Gasteiger partial charge >= 0.3 is 0 Å². The second-order valence-electron chi connectivity index (χ2n) is 10.6. The van der Waals surface area contributed by atoms with E-state index in [-0.39, 0.29) is 17.9 Å². The lowest BCUT2D eigenvalue weighted by Gasteiger charge is -2.37. The molecule has 1 atom stereocenters. The number of alkyl halides is 2. The van der Waals surface area contributed by atoms with E-state index >= 15 is 13.2 Å². The van der Waals surface area contributed by atoms with Gasteiger partial charge in [0.15, 0.2) is 5.65 Å². The fourth-order valence-corrected chi connectivity index (χ4v) is 5.30. The molecular weight excluding hydrogens is 493 g/mol. The maximum absolute atomic E-state index is 15.5. The van der Waals surface area contributed by atoms with Crippen LogP contribution in [0.25, 0.3) is 11.0 Å². The topological polar surface area (TPSA) is 87.0 Å². The van der Waals surface area contributed by atoms with E-state index in [4.69, 9.17) is 4.74 Å². The van der Waals surface area contributed by atoms with Gasteiger partial charge in [-0.15, -0.1) is 0 Å². The molecule has 2 fully saturated rings. The minimum Gasteiger partial charge on any atom is -0.481 e. The van der Waals surface area contributed by atoms with Gasteiger partial charge in [-0.3, -0.25) is 0 Å². The smallest absolute Gasteiger partial charge is 0.276 e. The molecule has 0 bridgehead atoms. The van der Waals surface area contributed by atoms with Crippen molar-refractivity contribution in [2.45, 2.75) is 56.9 Å². The van der Waals surface area contributed by atoms with Crippen LogP contribution in [0.5, 0.6) is 5.88 Å². The second kappa shape index (κ2) is 9.70. The number of nitrogens with one attached hydrogen (secondary N) is 1. The van der Waals surface area contributed by atoms with Crippen molar-refractivity contribution >= 4 is 16.9 Å². The number of benzene rings is 1. The zero-order valence-electron chi connectivity index (χ0n) is 22.0. The maximum atomic E-state index is 15.5. The van der Waals surface area contributed by atoms with Crippen LogP contribution in [0.1, 0.15) is 61.2 Å². The third-order valence-electron chi connectivity index (χ3n) is 7.69. The van der Waals surface area contributed by atoms with Crippen molar-refractivity contribution in [1.29, 1.82) is 5.26 Å². The molecular formula is C28H31F3N6O. The first-order valence-electron chi connectivity index (χ1n) is 12.8. The predicted octanol–water partition coefficient (Wildman–Crippen LogP) is 5.64. The molecule has 1 aliphatic carbocycles. The van der Waals surface area contributed by atoms with Crippen molar-refractivity contribution in [3.63, 3.8) is 0 Å². The zero-order chi connectivity index (χ0) is 27.2. The Morgan fingerprint density at radius 3 is 2.63 bits per heavy atom. The standard InChI is InChI=1S/C28H31F3N6O/c1-16(19-6-5-7-21(23(19)29)28(30,31)9-8-18-13-37(3)14-18)33-24-20-12-22(27(15-32)10-11-27)26(38-4)36-25(20)35-17(2)34-24/h5-7,12,16,18H,8-11,13-14H2,1-4H3,(H,33,34,35,36)/t16-/m1/s1. The highest BCUT2D eigenvalue weighted by Gasteiger charge is 2.48. The van der Waals surface area contributed by atoms with Crippen LogP contribution >= 0.6 is 0 Å². The monoisotopic (exact) mass is 524 g/mol. The third-order valence-corrected chi connectivity index (χ3v) is 7.69. The number of aryl methyl sites for hydroxylation is 1. The van der Waals surface area contributed by atoms with Gasteiger partial charge in [-0.2, -0.15) is 10.2 Å². The average Bonchev–Trinajstić information content (AvgIpc) is 3.66. The lowest BCUT2D eigenvalue weighted by Crippen LogP contribution is -2.44. The Labute approximate surface area is 220 Å². The molecule has 0 radical (unpaired) electrons. The van der Waals surface area contributed by atoms with Crippen LogP contribution in [-0.4, -0.2) is 47.1 Å². The van der Waals surface area contributed by atoms with Gasteiger partial charge in [0.2, 0.25) is 5.88 Å². The summed E-state index contributed by atoms with van der Waals surface area (Å²) < 4.78 is 51.2. The number of likely N-dealkylation sites (tertiary alicyclic amines) is 1. The van der Waals surface area contributed by atoms with Gasteiger partial charge in [0, 0.05) is 30.6 Å². The molecule has 38 heavy (non-hydrogen) atoms. The predicted molar refractivity (Wildman–Crippen MR) is 138 cm³/mol. The van der Waals surface area contributed by atoms with Crippen LogP contribution in [0.4, 0.5) is 19.0 Å². The van der Waals surface area contributed by atoms with E-state index in [0.29, 0.717) is 53.4 Å². The summed E-state index contributed by atoms with van der Waals surface area (Å²) in [6.45, 7) is 4.99. The molecule has 1 aromatic carbocycles. The van der Waals surface area contributed by atoms with Crippen molar-refractivity contribution in [3.8, 4) is 11.9 Å². The van der Waals surface area contributed by atoms with Crippen LogP contribution in [-0.2, 0) is 11.3 Å². The van der Waals surface area contributed by atoms with Crippen LogP contribution in [0.15, 0.2) is 24.3 Å². The number of halogens is 3. The Hall–Kier alpha value is -3.45. The molecule has 0 amide bonds. The van der Waals surface area contributed by atoms with Gasteiger partial charge < -0.3 is 15.0 Å². The Morgan fingerprint density at radius 2 is 2.00 bits per heavy atom. The van der Waals surface area contributed by atoms with Crippen molar-refractivity contribution in [2.24, 2.45) is 5.92 Å². The summed E-state index contributed by atoms with van der Waals surface area (Å²) in [7, 11) is 3.45. The highest BCUT2D eigenvalue weighted by molar-refractivity contribution is 5.88. The third kappa shape index (κ3) is 4.75. The molecule has 1 saturated heterocycles. The summed E-state index contributed by atoms with van der Waals surface area (Å²) in [5.41, 5.74) is -0.111. The molecule has 1 aliphatic heterocycles. The summed E-state index contributed by atoms with van der Waals surface area (Å²) in [6, 6.07) is 7.61. The van der Waals surface area contributed by atoms with Gasteiger partial charge in [0.05, 0.1) is 35.6 Å². The number of nitriles is 1. The number of hydrogen-bond donors (Lipinski definition) is 1. The largest absolute Gasteiger partial charge is 0.481 e. The minimum atomic E-state index is -3.27. The number of nitrogens with zero attached hydrogens (tertiary/aromatic N) is 5. The van der Waals surface area contributed by atoms with Gasteiger partial charge in [-0.1, -0.05) is 18.2 Å². The van der Waals surface area contributed by atoms with E-state index in [0.717, 1.165) is 13.1 Å². The molecule has 2 aliphatic rings. The number of anilines is 1. The number of methoxy groups -OCH3 is 1. The molecule has 10 heteroatoms. The fourth-order valence-electron chi connectivity index (χ4n) is 5.30. The first-order valence-corrected chi connectivity index (χ1v) is 12.8. The molecule has 7 nitrogen and oxygen atoms in total. The molecule has 200 valence electrons. The normalized spacial score (nSPS) is 18.1. The van der Waals surface area contributed by atoms with Crippen molar-refractivity contribution in [2.75, 3.05) is 32.6 Å². The van der Waals surface area contributed by atoms with Crippen LogP contribution in [0.2, 0.25) is 0 Å². The molecule has 1 N–H and O–H groups in total. The molecule has 0 spiro atoms. The number of ether oxygens (including phenoxy) is 1. The first-order chi connectivity index (χ1) is 18.1. The summed E-state index contributed by atoms with van der Waals surface area (Å²) in [5.74, 6) is -2.81. The Balaban J connectivity index is 1.45. The Kier molecular flexibility index (Phi) is 6.68. The van der Waals surface area contributed by atoms with Gasteiger partial charge in [-0.05, 0) is 52.1 Å². The zero-order valence-corrected chi connectivity index (χ0v) is 22.0. The van der Waals surface area contributed by atoms with Crippen molar-refractivity contribution < 1.29 is 17.9 Å². The SMILES string of the molecule is COc1nc2nc(C)nc(N[C@H](C)c3cccc(C(F)(F)CCC4CN(C)C4)c3F)c2cc1C1(C#N)CC1. The highest BCUT2D eigenvalue weighted by Crippen LogP contribution is 2.51. The number of hydrogen-bond acceptors (Lipinski definition) is 7. The van der Waals surface area contributed by atoms with E-state index in [1.165, 1.54) is 25.3 Å². The van der Waals surface area contributed by atoms with Crippen LogP contribution < -0.4 is 10.1 Å². The lowest BCUT2D eigenvalue weighted by molar-refractivity contribution is -0.0301. The van der Waals surface area contributed by atoms with Crippen molar-refractivity contribution in [1.82, 2.24) is 19.9 Å². The summed E-state index contributed by atoms with van der Waals surface area (Å²) in [6.07, 6.45) is 1.36. The van der Waals surface area contributed by atoms with E-state index in [1.54, 1.807) is 19.9 Å². The lowest BCUT2D eigenvalue weighted by atomic mass is 9.90. The van der Waals surface area contributed by atoms with E-state index in [2.05, 4.69) is 31.2 Å². The number of fused-ring (bicyclic) bond motifs is 1. The van der Waals surface area contributed by atoms with E-state index in [9.17, 15) is 5.26 Å². The van der Waals surface area contributed by atoms with Gasteiger partial charge in [0.1, 0.15) is 17.5 Å². The highest BCUT2D eigenvalue weighted by atomic mass is 19.3. The molecule has 5 rings (SSSR count). The molecule has 1 saturated carbocycles. The number of pyridine rings is 1. The quantitative estimate of drug-likeness (QED) is 0.387.